The maximum Gasteiger partial charge on any atom is 0.0922 e. The van der Waals surface area contributed by atoms with E-state index in [-0.39, 0.29) is 0 Å². The van der Waals surface area contributed by atoms with Gasteiger partial charge in [0.15, 0.2) is 0 Å². The van der Waals surface area contributed by atoms with Gasteiger partial charge in [0, 0.05) is 6.42 Å². The molecule has 0 aliphatic heterocycles. The molecular weight excluding hydrogens is 136 g/mol. The molecule has 0 radical (unpaired) electrons. The van der Waals surface area contributed by atoms with E-state index in [0.29, 0.717) is 0 Å². The molecule has 0 unspecified atom stereocenters. The highest BCUT2D eigenvalue weighted by molar-refractivity contribution is 5.15. The molecule has 1 aliphatic rings. The van der Waals surface area contributed by atoms with Crippen LogP contribution >= 0.6 is 0 Å². The van der Waals surface area contributed by atoms with Gasteiger partial charge in [-0.1, -0.05) is 18.6 Å². The molecule has 1 nitrogen and oxygen atoms in total. The van der Waals surface area contributed by atoms with Crippen LogP contribution in [0.25, 0.3) is 0 Å². The predicted molar refractivity (Wildman–Crippen MR) is 47.3 cm³/mol. The molecule has 0 heterocycles. The van der Waals surface area contributed by atoms with E-state index in [2.05, 4.69) is 19.1 Å². The second-order valence-corrected chi connectivity index (χ2v) is 2.85. The highest BCUT2D eigenvalue weighted by atomic mass is 16.5. The molecule has 0 aromatic heterocycles. The van der Waals surface area contributed by atoms with E-state index in [0.717, 1.165) is 25.0 Å². The first kappa shape index (κ1) is 8.38. The van der Waals surface area contributed by atoms with Crippen LogP contribution in [0.4, 0.5) is 0 Å². The Bertz CT molecular complexity index is 177. The summed E-state index contributed by atoms with van der Waals surface area (Å²) in [5.74, 6) is 1.15. The summed E-state index contributed by atoms with van der Waals surface area (Å²) in [6.45, 7) is 2.18. The molecule has 0 N–H and O–H groups in total. The van der Waals surface area contributed by atoms with E-state index in [4.69, 9.17) is 4.74 Å². The third-order valence-corrected chi connectivity index (χ3v) is 2.04. The first-order valence-corrected chi connectivity index (χ1v) is 4.27. The topological polar surface area (TPSA) is 9.23 Å². The summed E-state index contributed by atoms with van der Waals surface area (Å²) < 4.78 is 5.15. The molecule has 0 spiro atoms. The lowest BCUT2D eigenvalue weighted by Gasteiger charge is -2.13. The van der Waals surface area contributed by atoms with Crippen LogP contribution in [0.3, 0.4) is 0 Å². The van der Waals surface area contributed by atoms with Crippen molar-refractivity contribution >= 4 is 0 Å². The van der Waals surface area contributed by atoms with Crippen LogP contribution in [0.1, 0.15) is 32.6 Å². The summed E-state index contributed by atoms with van der Waals surface area (Å²) in [5.41, 5.74) is 1.56. The molecule has 0 saturated heterocycles. The van der Waals surface area contributed by atoms with E-state index in [1.807, 2.05) is 0 Å². The first-order valence-electron chi connectivity index (χ1n) is 4.27. The lowest BCUT2D eigenvalue weighted by molar-refractivity contribution is 0.272. The SMILES string of the molecule is CCC=C1CC=C(OC)CC1. The standard InChI is InChI=1S/C10H16O/c1-3-4-9-5-7-10(11-2)8-6-9/h4,7H,3,5-6,8H2,1-2H3. The van der Waals surface area contributed by atoms with Gasteiger partial charge in [-0.3, -0.25) is 0 Å². The lowest BCUT2D eigenvalue weighted by atomic mass is 9.99. The maximum absolute atomic E-state index is 5.15. The molecule has 0 aromatic rings. The number of methoxy groups -OCH3 is 1. The smallest absolute Gasteiger partial charge is 0.0922 e. The molecular formula is C10H16O. The van der Waals surface area contributed by atoms with Gasteiger partial charge in [-0.05, 0) is 25.3 Å². The Morgan fingerprint density at radius 2 is 2.36 bits per heavy atom. The van der Waals surface area contributed by atoms with E-state index in [9.17, 15) is 0 Å². The van der Waals surface area contributed by atoms with Gasteiger partial charge < -0.3 is 4.74 Å². The van der Waals surface area contributed by atoms with Crippen LogP contribution in [0.5, 0.6) is 0 Å². The van der Waals surface area contributed by atoms with Crippen LogP contribution in [0.15, 0.2) is 23.5 Å². The van der Waals surface area contributed by atoms with Crippen molar-refractivity contribution in [3.63, 3.8) is 0 Å². The van der Waals surface area contributed by atoms with Gasteiger partial charge in [0.25, 0.3) is 0 Å². The van der Waals surface area contributed by atoms with Crippen molar-refractivity contribution in [2.75, 3.05) is 7.11 Å². The number of hydrogen-bond donors (Lipinski definition) is 0. The minimum absolute atomic E-state index is 1.09. The zero-order valence-electron chi connectivity index (χ0n) is 7.39. The molecule has 0 amide bonds. The summed E-state index contributed by atoms with van der Waals surface area (Å²) in [7, 11) is 1.75. The highest BCUT2D eigenvalue weighted by Crippen LogP contribution is 2.22. The van der Waals surface area contributed by atoms with Crippen molar-refractivity contribution in [1.29, 1.82) is 0 Å². The van der Waals surface area contributed by atoms with Crippen LogP contribution in [-0.4, -0.2) is 7.11 Å². The van der Waals surface area contributed by atoms with Gasteiger partial charge in [-0.2, -0.15) is 0 Å². The fourth-order valence-electron chi connectivity index (χ4n) is 1.39. The van der Waals surface area contributed by atoms with Gasteiger partial charge in [-0.25, -0.2) is 0 Å². The number of ether oxygens (including phenoxy) is 1. The maximum atomic E-state index is 5.15. The summed E-state index contributed by atoms with van der Waals surface area (Å²) in [6, 6.07) is 0. The van der Waals surface area contributed by atoms with Crippen molar-refractivity contribution < 1.29 is 4.74 Å². The van der Waals surface area contributed by atoms with Crippen LogP contribution in [-0.2, 0) is 4.74 Å². The number of rotatable bonds is 2. The number of hydrogen-bond acceptors (Lipinski definition) is 1. The van der Waals surface area contributed by atoms with Crippen molar-refractivity contribution in [3.8, 4) is 0 Å². The fraction of sp³-hybridized carbons (Fsp3) is 0.600. The Hall–Kier alpha value is -0.720. The van der Waals surface area contributed by atoms with Crippen molar-refractivity contribution in [3.05, 3.63) is 23.5 Å². The van der Waals surface area contributed by atoms with Crippen molar-refractivity contribution in [2.45, 2.75) is 32.6 Å². The van der Waals surface area contributed by atoms with Gasteiger partial charge in [0.2, 0.25) is 0 Å². The summed E-state index contributed by atoms with van der Waals surface area (Å²) in [5, 5.41) is 0. The zero-order chi connectivity index (χ0) is 8.10. The Kier molecular flexibility index (Phi) is 3.21. The van der Waals surface area contributed by atoms with Crippen LogP contribution in [0.2, 0.25) is 0 Å². The monoisotopic (exact) mass is 152 g/mol. The van der Waals surface area contributed by atoms with Crippen LogP contribution < -0.4 is 0 Å². The molecule has 1 aliphatic carbocycles. The largest absolute Gasteiger partial charge is 0.501 e. The molecule has 1 heteroatoms. The fourth-order valence-corrected chi connectivity index (χ4v) is 1.39. The Balaban J connectivity index is 2.47. The summed E-state index contributed by atoms with van der Waals surface area (Å²) >= 11 is 0. The normalized spacial score (nSPS) is 21.6. The number of allylic oxidation sites excluding steroid dienone is 4. The molecule has 1 rings (SSSR count). The summed E-state index contributed by atoms with van der Waals surface area (Å²) in [4.78, 5) is 0. The molecule has 62 valence electrons. The van der Waals surface area contributed by atoms with Crippen LogP contribution in [0, 0.1) is 0 Å². The van der Waals surface area contributed by atoms with Gasteiger partial charge in [-0.15, -0.1) is 0 Å². The second kappa shape index (κ2) is 4.22. The Labute approximate surface area is 68.8 Å². The minimum atomic E-state index is 1.09. The molecule has 11 heavy (non-hydrogen) atoms. The predicted octanol–water partition coefficient (Wildman–Crippen LogP) is 3.04. The van der Waals surface area contributed by atoms with Gasteiger partial charge in [0.1, 0.15) is 0 Å². The first-order chi connectivity index (χ1) is 5.36. The van der Waals surface area contributed by atoms with Crippen molar-refractivity contribution in [1.82, 2.24) is 0 Å². The molecule has 0 atom stereocenters. The molecule has 0 bridgehead atoms. The molecule has 0 fully saturated rings. The van der Waals surface area contributed by atoms with E-state index < -0.39 is 0 Å². The third kappa shape index (κ3) is 2.41. The third-order valence-electron chi connectivity index (χ3n) is 2.04. The minimum Gasteiger partial charge on any atom is -0.501 e. The van der Waals surface area contributed by atoms with E-state index in [1.54, 1.807) is 12.7 Å². The van der Waals surface area contributed by atoms with E-state index >= 15 is 0 Å². The lowest BCUT2D eigenvalue weighted by Crippen LogP contribution is -1.96. The second-order valence-electron chi connectivity index (χ2n) is 2.85. The highest BCUT2D eigenvalue weighted by Gasteiger charge is 2.06. The Morgan fingerprint density at radius 3 is 2.82 bits per heavy atom. The quantitative estimate of drug-likeness (QED) is 0.552. The van der Waals surface area contributed by atoms with E-state index in [1.165, 1.54) is 6.42 Å². The van der Waals surface area contributed by atoms with Gasteiger partial charge in [0.05, 0.1) is 12.9 Å². The Morgan fingerprint density at radius 1 is 1.55 bits per heavy atom. The zero-order valence-corrected chi connectivity index (χ0v) is 7.39. The molecule has 0 saturated carbocycles. The molecule has 0 aromatic carbocycles. The average molecular weight is 152 g/mol. The van der Waals surface area contributed by atoms with Gasteiger partial charge >= 0.3 is 0 Å². The van der Waals surface area contributed by atoms with Crippen molar-refractivity contribution in [2.24, 2.45) is 0 Å². The summed E-state index contributed by atoms with van der Waals surface area (Å²) in [6.07, 6.45) is 9.03. The average Bonchev–Trinajstić information content (AvgIpc) is 2.07.